The molecule has 0 radical (unpaired) electrons. The van der Waals surface area contributed by atoms with Crippen molar-refractivity contribution in [2.45, 2.75) is 17.9 Å². The molecule has 1 aliphatic heterocycles. The summed E-state index contributed by atoms with van der Waals surface area (Å²) in [7, 11) is -3.63. The summed E-state index contributed by atoms with van der Waals surface area (Å²) < 4.78 is 32.7. The highest BCUT2D eigenvalue weighted by Crippen LogP contribution is 2.36. The third-order valence-corrected chi connectivity index (χ3v) is 5.15. The summed E-state index contributed by atoms with van der Waals surface area (Å²) in [6.07, 6.45) is -0.205. The van der Waals surface area contributed by atoms with E-state index in [0.29, 0.717) is 17.1 Å². The molecule has 0 saturated carbocycles. The molecule has 0 bridgehead atoms. The fraction of sp³-hybridized carbons (Fsp3) is 0.200. The summed E-state index contributed by atoms with van der Waals surface area (Å²) >= 11 is 0. The van der Waals surface area contributed by atoms with Crippen molar-refractivity contribution in [3.63, 3.8) is 0 Å². The normalized spacial score (nSPS) is 18.0. The zero-order chi connectivity index (χ0) is 15.0. The predicted octanol–water partition coefficient (Wildman–Crippen LogP) is 2.25. The van der Waals surface area contributed by atoms with Gasteiger partial charge in [0, 0.05) is 5.69 Å². The van der Waals surface area contributed by atoms with Crippen LogP contribution in [0.15, 0.2) is 53.4 Å². The first kappa shape index (κ1) is 13.8. The van der Waals surface area contributed by atoms with E-state index in [9.17, 15) is 8.42 Å². The van der Waals surface area contributed by atoms with Crippen molar-refractivity contribution in [3.05, 3.63) is 48.5 Å². The number of nitrogens with zero attached hydrogens (tertiary/aromatic N) is 1. The van der Waals surface area contributed by atoms with Crippen molar-refractivity contribution in [2.24, 2.45) is 0 Å². The lowest BCUT2D eigenvalue weighted by Crippen LogP contribution is -2.42. The van der Waals surface area contributed by atoms with Crippen molar-refractivity contribution >= 4 is 21.4 Å². The van der Waals surface area contributed by atoms with E-state index in [0.717, 1.165) is 0 Å². The maximum Gasteiger partial charge on any atom is 0.264 e. The lowest BCUT2D eigenvalue weighted by Gasteiger charge is -2.34. The number of nitrogens with two attached hydrogens (primary N) is 1. The second-order valence-corrected chi connectivity index (χ2v) is 6.86. The third-order valence-electron chi connectivity index (χ3n) is 3.35. The summed E-state index contributed by atoms with van der Waals surface area (Å²) in [5.41, 5.74) is 6.71. The van der Waals surface area contributed by atoms with E-state index in [2.05, 4.69) is 0 Å². The van der Waals surface area contributed by atoms with E-state index < -0.39 is 10.0 Å². The average molecular weight is 304 g/mol. The molecule has 1 aliphatic rings. The smallest absolute Gasteiger partial charge is 0.264 e. The first-order chi connectivity index (χ1) is 9.98. The highest BCUT2D eigenvalue weighted by Gasteiger charge is 2.32. The Balaban J connectivity index is 2.09. The SMILES string of the molecule is C[C@@H]1CN(S(=O)(=O)c2ccc(N)cc2)c2ccccc2O1. The van der Waals surface area contributed by atoms with E-state index in [1.54, 1.807) is 30.3 Å². The van der Waals surface area contributed by atoms with Crippen molar-refractivity contribution < 1.29 is 13.2 Å². The summed E-state index contributed by atoms with van der Waals surface area (Å²) in [4.78, 5) is 0.223. The van der Waals surface area contributed by atoms with Crippen LogP contribution in [0.4, 0.5) is 11.4 Å². The van der Waals surface area contributed by atoms with Crippen molar-refractivity contribution in [3.8, 4) is 5.75 Å². The molecule has 3 rings (SSSR count). The molecule has 21 heavy (non-hydrogen) atoms. The Morgan fingerprint density at radius 1 is 1.14 bits per heavy atom. The van der Waals surface area contributed by atoms with E-state index in [-0.39, 0.29) is 17.5 Å². The van der Waals surface area contributed by atoms with E-state index in [1.807, 2.05) is 13.0 Å². The first-order valence-electron chi connectivity index (χ1n) is 6.62. The van der Waals surface area contributed by atoms with Gasteiger partial charge >= 0.3 is 0 Å². The number of hydrogen-bond donors (Lipinski definition) is 1. The quantitative estimate of drug-likeness (QED) is 0.864. The number of fused-ring (bicyclic) bond motifs is 1. The molecule has 2 aromatic carbocycles. The average Bonchev–Trinajstić information content (AvgIpc) is 2.46. The van der Waals surface area contributed by atoms with Gasteiger partial charge in [-0.3, -0.25) is 4.31 Å². The van der Waals surface area contributed by atoms with Gasteiger partial charge in [0.25, 0.3) is 10.0 Å². The number of sulfonamides is 1. The van der Waals surface area contributed by atoms with Crippen LogP contribution in [0.3, 0.4) is 0 Å². The standard InChI is InChI=1S/C15H16N2O3S/c1-11-10-17(14-4-2-3-5-15(14)20-11)21(18,19)13-8-6-12(16)7-9-13/h2-9,11H,10,16H2,1H3/t11-/m1/s1. The van der Waals surface area contributed by atoms with E-state index >= 15 is 0 Å². The molecule has 1 atom stereocenters. The predicted molar refractivity (Wildman–Crippen MR) is 81.9 cm³/mol. The number of nitrogen functional groups attached to an aromatic ring is 1. The maximum absolute atomic E-state index is 12.8. The Labute approximate surface area is 124 Å². The molecule has 0 unspecified atom stereocenters. The minimum atomic E-state index is -3.63. The van der Waals surface area contributed by atoms with E-state index in [1.165, 1.54) is 16.4 Å². The van der Waals surface area contributed by atoms with Crippen LogP contribution < -0.4 is 14.8 Å². The van der Waals surface area contributed by atoms with Crippen LogP contribution in [0.5, 0.6) is 5.75 Å². The zero-order valence-electron chi connectivity index (χ0n) is 11.6. The van der Waals surface area contributed by atoms with Crippen molar-refractivity contribution in [1.82, 2.24) is 0 Å². The van der Waals surface area contributed by atoms with Crippen molar-refractivity contribution in [2.75, 3.05) is 16.6 Å². The number of hydrogen-bond acceptors (Lipinski definition) is 4. The van der Waals surface area contributed by atoms with Gasteiger partial charge in [-0.1, -0.05) is 12.1 Å². The molecule has 2 aromatic rings. The van der Waals surface area contributed by atoms with Crippen molar-refractivity contribution in [1.29, 1.82) is 0 Å². The van der Waals surface area contributed by atoms with Crippen LogP contribution in [0.25, 0.3) is 0 Å². The van der Waals surface area contributed by atoms with Crippen LogP contribution in [0, 0.1) is 0 Å². The van der Waals surface area contributed by atoms with Gasteiger partial charge in [-0.2, -0.15) is 0 Å². The Hall–Kier alpha value is -2.21. The van der Waals surface area contributed by atoms with Gasteiger partial charge in [0.1, 0.15) is 11.9 Å². The highest BCUT2D eigenvalue weighted by atomic mass is 32.2. The summed E-state index contributed by atoms with van der Waals surface area (Å²) in [6.45, 7) is 2.13. The first-order valence-corrected chi connectivity index (χ1v) is 8.06. The molecule has 1 heterocycles. The molecule has 0 amide bonds. The topological polar surface area (TPSA) is 72.6 Å². The number of benzene rings is 2. The second-order valence-electron chi connectivity index (χ2n) is 5.00. The molecule has 110 valence electrons. The molecule has 0 fully saturated rings. The highest BCUT2D eigenvalue weighted by molar-refractivity contribution is 7.92. The third kappa shape index (κ3) is 2.42. The molecule has 0 aliphatic carbocycles. The van der Waals surface area contributed by atoms with Gasteiger partial charge in [0.15, 0.2) is 0 Å². The van der Waals surface area contributed by atoms with Gasteiger partial charge in [-0.15, -0.1) is 0 Å². The number of rotatable bonds is 2. The summed E-state index contributed by atoms with van der Waals surface area (Å²) in [5, 5.41) is 0. The molecule has 5 nitrogen and oxygen atoms in total. The van der Waals surface area contributed by atoms with Gasteiger partial charge in [-0.05, 0) is 43.3 Å². The Morgan fingerprint density at radius 2 is 1.81 bits per heavy atom. The van der Waals surface area contributed by atoms with E-state index in [4.69, 9.17) is 10.5 Å². The number of anilines is 2. The van der Waals surface area contributed by atoms with Gasteiger partial charge in [0.05, 0.1) is 17.1 Å². The molecule has 2 N–H and O–H groups in total. The van der Waals surface area contributed by atoms with Crippen LogP contribution in [-0.2, 0) is 10.0 Å². The summed E-state index contributed by atoms with van der Waals surface area (Å²) in [6, 6.07) is 13.4. The molecular formula is C15H16N2O3S. The molecule has 6 heteroatoms. The fourth-order valence-electron chi connectivity index (χ4n) is 2.34. The minimum Gasteiger partial charge on any atom is -0.487 e. The van der Waals surface area contributed by atoms with Crippen LogP contribution in [-0.4, -0.2) is 21.1 Å². The molecule has 0 saturated heterocycles. The lowest BCUT2D eigenvalue weighted by atomic mass is 10.2. The van der Waals surface area contributed by atoms with Gasteiger partial charge in [0.2, 0.25) is 0 Å². The van der Waals surface area contributed by atoms with Gasteiger partial charge < -0.3 is 10.5 Å². The van der Waals surface area contributed by atoms with Crippen LogP contribution >= 0.6 is 0 Å². The Morgan fingerprint density at radius 3 is 2.52 bits per heavy atom. The second kappa shape index (κ2) is 4.96. The Bertz CT molecular complexity index is 757. The number of ether oxygens (including phenoxy) is 1. The van der Waals surface area contributed by atoms with Gasteiger partial charge in [-0.25, -0.2) is 8.42 Å². The van der Waals surface area contributed by atoms with Crippen LogP contribution in [0.2, 0.25) is 0 Å². The minimum absolute atomic E-state index is 0.205. The molecule has 0 spiro atoms. The molecular weight excluding hydrogens is 288 g/mol. The largest absolute Gasteiger partial charge is 0.487 e. The maximum atomic E-state index is 12.8. The fourth-order valence-corrected chi connectivity index (χ4v) is 3.89. The molecule has 0 aromatic heterocycles. The summed E-state index contributed by atoms with van der Waals surface area (Å²) in [5.74, 6) is 0.579. The lowest BCUT2D eigenvalue weighted by molar-refractivity contribution is 0.219. The number of para-hydroxylation sites is 2. The zero-order valence-corrected chi connectivity index (χ0v) is 12.4. The Kier molecular flexibility index (Phi) is 3.25. The van der Waals surface area contributed by atoms with Crippen LogP contribution in [0.1, 0.15) is 6.92 Å². The monoisotopic (exact) mass is 304 g/mol.